The lowest BCUT2D eigenvalue weighted by Gasteiger charge is -2.02. The number of rotatable bonds is 7. The van der Waals surface area contributed by atoms with E-state index in [2.05, 4.69) is 15.1 Å². The van der Waals surface area contributed by atoms with Gasteiger partial charge in [-0.25, -0.2) is 9.97 Å². The summed E-state index contributed by atoms with van der Waals surface area (Å²) in [5.41, 5.74) is 1.83. The molecule has 8 heteroatoms. The second kappa shape index (κ2) is 7.75. The lowest BCUT2D eigenvalue weighted by Crippen LogP contribution is -1.99. The number of hydrogen-bond acceptors (Lipinski definition) is 5. The molecule has 0 amide bonds. The van der Waals surface area contributed by atoms with Gasteiger partial charge in [0.1, 0.15) is 29.9 Å². The SMILES string of the molecule is Cc1nccn1-c1nc(-c2ccc(Cl)cc2)c(CCCCn2cncn2)o1. The third-order valence-electron chi connectivity index (χ3n) is 4.34. The van der Waals surface area contributed by atoms with Gasteiger partial charge in [-0.15, -0.1) is 0 Å². The highest BCUT2D eigenvalue weighted by molar-refractivity contribution is 6.30. The van der Waals surface area contributed by atoms with E-state index in [9.17, 15) is 0 Å². The summed E-state index contributed by atoms with van der Waals surface area (Å²) in [6.07, 6.45) is 9.58. The summed E-state index contributed by atoms with van der Waals surface area (Å²) >= 11 is 6.03. The largest absolute Gasteiger partial charge is 0.427 e. The zero-order chi connectivity index (χ0) is 18.6. The predicted octanol–water partition coefficient (Wildman–Crippen LogP) is 4.10. The van der Waals surface area contributed by atoms with Crippen LogP contribution in [0.5, 0.6) is 0 Å². The number of oxazole rings is 1. The van der Waals surface area contributed by atoms with Gasteiger partial charge in [-0.3, -0.25) is 9.25 Å². The molecule has 0 aliphatic carbocycles. The molecule has 0 aliphatic rings. The normalized spacial score (nSPS) is 11.2. The minimum Gasteiger partial charge on any atom is -0.427 e. The maximum Gasteiger partial charge on any atom is 0.307 e. The van der Waals surface area contributed by atoms with Gasteiger partial charge in [0.05, 0.1) is 0 Å². The summed E-state index contributed by atoms with van der Waals surface area (Å²) in [4.78, 5) is 12.9. The highest BCUT2D eigenvalue weighted by Gasteiger charge is 2.17. The van der Waals surface area contributed by atoms with Crippen molar-refractivity contribution < 1.29 is 4.42 Å². The van der Waals surface area contributed by atoms with Crippen LogP contribution >= 0.6 is 11.6 Å². The van der Waals surface area contributed by atoms with Crippen molar-refractivity contribution in [2.24, 2.45) is 0 Å². The monoisotopic (exact) mass is 382 g/mol. The van der Waals surface area contributed by atoms with Crippen LogP contribution < -0.4 is 0 Å². The van der Waals surface area contributed by atoms with Crippen LogP contribution in [0.25, 0.3) is 17.3 Å². The molecule has 0 unspecified atom stereocenters. The molecule has 27 heavy (non-hydrogen) atoms. The molecular formula is C19H19ClN6O. The molecule has 0 fully saturated rings. The molecule has 0 atom stereocenters. The highest BCUT2D eigenvalue weighted by atomic mass is 35.5. The molecule has 3 heterocycles. The van der Waals surface area contributed by atoms with Gasteiger partial charge < -0.3 is 4.42 Å². The van der Waals surface area contributed by atoms with Crippen molar-refractivity contribution in [1.82, 2.24) is 29.3 Å². The van der Waals surface area contributed by atoms with E-state index < -0.39 is 0 Å². The first-order valence-corrected chi connectivity index (χ1v) is 9.17. The average Bonchev–Trinajstić information content (AvgIpc) is 3.40. The molecule has 7 nitrogen and oxygen atoms in total. The maximum absolute atomic E-state index is 6.11. The van der Waals surface area contributed by atoms with Gasteiger partial charge in [0.15, 0.2) is 0 Å². The first-order chi connectivity index (χ1) is 13.2. The topological polar surface area (TPSA) is 74.6 Å². The van der Waals surface area contributed by atoms with Gasteiger partial charge in [0, 0.05) is 35.9 Å². The van der Waals surface area contributed by atoms with Crippen molar-refractivity contribution in [3.8, 4) is 17.3 Å². The minimum atomic E-state index is 0.529. The molecule has 3 aromatic heterocycles. The fourth-order valence-corrected chi connectivity index (χ4v) is 3.06. The van der Waals surface area contributed by atoms with Crippen molar-refractivity contribution in [2.75, 3.05) is 0 Å². The first kappa shape index (κ1) is 17.5. The Kier molecular flexibility index (Phi) is 5.02. The molecule has 0 N–H and O–H groups in total. The zero-order valence-corrected chi connectivity index (χ0v) is 15.7. The van der Waals surface area contributed by atoms with E-state index in [1.165, 1.54) is 0 Å². The lowest BCUT2D eigenvalue weighted by molar-refractivity contribution is 0.463. The standard InChI is InChI=1S/C19H19ClN6O/c1-14-22-9-11-26(14)19-24-18(15-5-7-16(20)8-6-15)17(27-19)4-2-3-10-25-13-21-12-23-25/h5-9,11-13H,2-4,10H2,1H3. The fourth-order valence-electron chi connectivity index (χ4n) is 2.93. The van der Waals surface area contributed by atoms with E-state index >= 15 is 0 Å². The van der Waals surface area contributed by atoms with Crippen LogP contribution in [0.2, 0.25) is 5.02 Å². The Balaban J connectivity index is 1.57. The Bertz CT molecular complexity index is 1000. The number of unbranched alkanes of at least 4 members (excludes halogenated alkanes) is 1. The molecule has 0 radical (unpaired) electrons. The van der Waals surface area contributed by atoms with Crippen LogP contribution in [0, 0.1) is 6.92 Å². The number of nitrogens with zero attached hydrogens (tertiary/aromatic N) is 6. The van der Waals surface area contributed by atoms with Crippen molar-refractivity contribution in [1.29, 1.82) is 0 Å². The number of imidazole rings is 1. The molecule has 0 saturated carbocycles. The summed E-state index contributed by atoms with van der Waals surface area (Å²) in [5, 5.41) is 4.83. The summed E-state index contributed by atoms with van der Waals surface area (Å²) in [5.74, 6) is 1.69. The van der Waals surface area contributed by atoms with Crippen LogP contribution in [-0.2, 0) is 13.0 Å². The van der Waals surface area contributed by atoms with E-state index in [1.807, 2.05) is 46.6 Å². The van der Waals surface area contributed by atoms with Gasteiger partial charge in [-0.1, -0.05) is 23.7 Å². The third kappa shape index (κ3) is 3.93. The maximum atomic E-state index is 6.11. The van der Waals surface area contributed by atoms with Crippen LogP contribution in [0.3, 0.4) is 0 Å². The molecule has 4 aromatic rings. The van der Waals surface area contributed by atoms with E-state index in [4.69, 9.17) is 21.0 Å². The van der Waals surface area contributed by atoms with Gasteiger partial charge >= 0.3 is 6.01 Å². The Hall–Kier alpha value is -2.93. The van der Waals surface area contributed by atoms with E-state index in [-0.39, 0.29) is 0 Å². The first-order valence-electron chi connectivity index (χ1n) is 8.79. The van der Waals surface area contributed by atoms with Crippen LogP contribution in [0.4, 0.5) is 0 Å². The third-order valence-corrected chi connectivity index (χ3v) is 4.60. The van der Waals surface area contributed by atoms with E-state index in [1.54, 1.807) is 18.9 Å². The molecule has 138 valence electrons. The molecule has 0 saturated heterocycles. The summed E-state index contributed by atoms with van der Waals surface area (Å²) < 4.78 is 9.79. The van der Waals surface area contributed by atoms with Crippen LogP contribution in [-0.4, -0.2) is 29.3 Å². The second-order valence-corrected chi connectivity index (χ2v) is 6.67. The minimum absolute atomic E-state index is 0.529. The Morgan fingerprint density at radius 3 is 2.70 bits per heavy atom. The van der Waals surface area contributed by atoms with Gasteiger partial charge in [-0.05, 0) is 31.9 Å². The molecular weight excluding hydrogens is 364 g/mol. The second-order valence-electron chi connectivity index (χ2n) is 6.24. The number of aromatic nitrogens is 6. The van der Waals surface area contributed by atoms with Crippen LogP contribution in [0.15, 0.2) is 53.7 Å². The van der Waals surface area contributed by atoms with Crippen molar-refractivity contribution in [2.45, 2.75) is 32.7 Å². The molecule has 0 spiro atoms. The lowest BCUT2D eigenvalue weighted by atomic mass is 10.1. The number of aryl methyl sites for hydroxylation is 3. The Morgan fingerprint density at radius 2 is 2.00 bits per heavy atom. The van der Waals surface area contributed by atoms with Gasteiger partial charge in [0.25, 0.3) is 0 Å². The summed E-state index contributed by atoms with van der Waals surface area (Å²) in [6.45, 7) is 2.75. The van der Waals surface area contributed by atoms with Crippen molar-refractivity contribution in [3.63, 3.8) is 0 Å². The molecule has 4 rings (SSSR count). The fraction of sp³-hybridized carbons (Fsp3) is 0.263. The molecule has 0 aliphatic heterocycles. The molecule has 0 bridgehead atoms. The highest BCUT2D eigenvalue weighted by Crippen LogP contribution is 2.28. The quantitative estimate of drug-likeness (QED) is 0.450. The zero-order valence-electron chi connectivity index (χ0n) is 14.9. The van der Waals surface area contributed by atoms with Crippen molar-refractivity contribution >= 4 is 11.6 Å². The summed E-state index contributed by atoms with van der Waals surface area (Å²) in [6, 6.07) is 8.18. The van der Waals surface area contributed by atoms with Gasteiger partial charge in [0.2, 0.25) is 0 Å². The Morgan fingerprint density at radius 1 is 1.15 bits per heavy atom. The Labute approximate surface area is 161 Å². The summed E-state index contributed by atoms with van der Waals surface area (Å²) in [7, 11) is 0. The van der Waals surface area contributed by atoms with Crippen molar-refractivity contribution in [3.05, 3.63) is 65.9 Å². The predicted molar refractivity (Wildman–Crippen MR) is 102 cm³/mol. The number of halogens is 1. The number of benzene rings is 1. The molecule has 1 aromatic carbocycles. The average molecular weight is 383 g/mol. The smallest absolute Gasteiger partial charge is 0.307 e. The van der Waals surface area contributed by atoms with Gasteiger partial charge in [-0.2, -0.15) is 10.1 Å². The van der Waals surface area contributed by atoms with E-state index in [0.29, 0.717) is 11.0 Å². The van der Waals surface area contributed by atoms with Crippen LogP contribution in [0.1, 0.15) is 24.4 Å². The number of hydrogen-bond donors (Lipinski definition) is 0. The van der Waals surface area contributed by atoms with E-state index in [0.717, 1.165) is 48.6 Å².